The van der Waals surface area contributed by atoms with Gasteiger partial charge in [0, 0.05) is 12.1 Å². The molecule has 5 heteroatoms. The number of piperidine rings is 1. The summed E-state index contributed by atoms with van der Waals surface area (Å²) in [6.45, 7) is 2.75. The van der Waals surface area contributed by atoms with Crippen LogP contribution in [0.25, 0.3) is 0 Å². The van der Waals surface area contributed by atoms with E-state index >= 15 is 0 Å². The zero-order valence-corrected chi connectivity index (χ0v) is 13.5. The summed E-state index contributed by atoms with van der Waals surface area (Å²) in [5.41, 5.74) is 1.89. The Labute approximate surface area is 140 Å². The molecule has 4 nitrogen and oxygen atoms in total. The highest BCUT2D eigenvalue weighted by molar-refractivity contribution is 6.29. The van der Waals surface area contributed by atoms with Gasteiger partial charge < -0.3 is 5.32 Å². The number of rotatable bonds is 2. The molecule has 0 aliphatic carbocycles. The maximum atomic E-state index is 12.6. The zero-order chi connectivity index (χ0) is 15.9. The Hall–Kier alpha value is -1.91. The maximum absolute atomic E-state index is 12.6. The molecule has 2 aliphatic heterocycles. The number of benzene rings is 1. The van der Waals surface area contributed by atoms with Crippen molar-refractivity contribution in [1.29, 1.82) is 0 Å². The molecule has 0 radical (unpaired) electrons. The summed E-state index contributed by atoms with van der Waals surface area (Å²) in [6, 6.07) is 14.2. The topological polar surface area (TPSA) is 45.2 Å². The third-order valence-corrected chi connectivity index (χ3v) is 5.21. The van der Waals surface area contributed by atoms with E-state index in [0.29, 0.717) is 11.0 Å². The lowest BCUT2D eigenvalue weighted by molar-refractivity contribution is -0.122. The molecule has 1 spiro atoms. The summed E-state index contributed by atoms with van der Waals surface area (Å²) in [5, 5.41) is 3.33. The van der Waals surface area contributed by atoms with Crippen LogP contribution in [0.1, 0.15) is 24.0 Å². The van der Waals surface area contributed by atoms with Gasteiger partial charge in [0.25, 0.3) is 0 Å². The van der Waals surface area contributed by atoms with E-state index in [1.54, 1.807) is 6.07 Å². The Morgan fingerprint density at radius 2 is 1.87 bits per heavy atom. The molecule has 0 bridgehead atoms. The van der Waals surface area contributed by atoms with Crippen molar-refractivity contribution in [3.05, 3.63) is 58.7 Å². The molecule has 0 unspecified atom stereocenters. The summed E-state index contributed by atoms with van der Waals surface area (Å²) in [4.78, 5) is 19.2. The van der Waals surface area contributed by atoms with Crippen molar-refractivity contribution in [2.24, 2.45) is 0 Å². The van der Waals surface area contributed by atoms with Gasteiger partial charge in [0.1, 0.15) is 11.0 Å². The van der Waals surface area contributed by atoms with Gasteiger partial charge >= 0.3 is 0 Å². The molecule has 1 fully saturated rings. The molecule has 2 aromatic rings. The van der Waals surface area contributed by atoms with E-state index in [1.807, 2.05) is 12.1 Å². The number of anilines is 1. The van der Waals surface area contributed by atoms with Gasteiger partial charge in [-0.2, -0.15) is 0 Å². The van der Waals surface area contributed by atoms with Crippen LogP contribution in [0, 0.1) is 0 Å². The number of nitrogens with zero attached hydrogens (tertiary/aromatic N) is 2. The number of carbonyl (C=O) groups is 1. The molecular formula is C18H18ClN3O. The number of halogens is 1. The van der Waals surface area contributed by atoms with Gasteiger partial charge in [0.2, 0.25) is 5.91 Å². The van der Waals surface area contributed by atoms with E-state index in [-0.39, 0.29) is 5.91 Å². The molecule has 3 heterocycles. The van der Waals surface area contributed by atoms with Crippen molar-refractivity contribution < 1.29 is 4.79 Å². The van der Waals surface area contributed by atoms with Crippen LogP contribution in [-0.4, -0.2) is 28.9 Å². The summed E-state index contributed by atoms with van der Waals surface area (Å²) < 4.78 is 0. The van der Waals surface area contributed by atoms with Crippen LogP contribution in [0.5, 0.6) is 0 Å². The molecule has 1 N–H and O–H groups in total. The van der Waals surface area contributed by atoms with Gasteiger partial charge in [-0.15, -0.1) is 0 Å². The monoisotopic (exact) mass is 327 g/mol. The minimum absolute atomic E-state index is 0.0710. The van der Waals surface area contributed by atoms with Crippen molar-refractivity contribution in [2.45, 2.75) is 24.8 Å². The number of hydrogen-bond acceptors (Lipinski definition) is 3. The van der Waals surface area contributed by atoms with Crippen molar-refractivity contribution in [2.75, 3.05) is 18.4 Å². The number of hydrogen-bond donors (Lipinski definition) is 1. The summed E-state index contributed by atoms with van der Waals surface area (Å²) in [5.74, 6) is 0.709. The Morgan fingerprint density at radius 3 is 2.61 bits per heavy atom. The van der Waals surface area contributed by atoms with Gasteiger partial charge in [-0.05, 0) is 37.6 Å². The lowest BCUT2D eigenvalue weighted by Crippen LogP contribution is -2.46. The van der Waals surface area contributed by atoms with Crippen molar-refractivity contribution >= 4 is 23.3 Å². The Balaban J connectivity index is 1.52. The predicted octanol–water partition coefficient (Wildman–Crippen LogP) is 3.22. The molecule has 118 valence electrons. The molecule has 1 aromatic heterocycles. The van der Waals surface area contributed by atoms with Crippen molar-refractivity contribution in [1.82, 2.24) is 9.88 Å². The number of likely N-dealkylation sites (tertiary alicyclic amines) is 1. The maximum Gasteiger partial charge on any atom is 0.236 e. The van der Waals surface area contributed by atoms with E-state index in [1.165, 1.54) is 5.56 Å². The number of nitrogens with one attached hydrogen (secondary N) is 1. The second kappa shape index (κ2) is 5.62. The minimum Gasteiger partial charge on any atom is -0.310 e. The Morgan fingerprint density at radius 1 is 1.13 bits per heavy atom. The fraction of sp³-hybridized carbons (Fsp3) is 0.333. The largest absolute Gasteiger partial charge is 0.310 e. The highest BCUT2D eigenvalue weighted by Crippen LogP contribution is 2.44. The molecular weight excluding hydrogens is 310 g/mol. The normalized spacial score (nSPS) is 19.6. The first-order chi connectivity index (χ1) is 11.2. The smallest absolute Gasteiger partial charge is 0.236 e. The fourth-order valence-corrected chi connectivity index (χ4v) is 3.84. The minimum atomic E-state index is -0.430. The van der Waals surface area contributed by atoms with Gasteiger partial charge in [-0.3, -0.25) is 9.69 Å². The van der Waals surface area contributed by atoms with Crippen LogP contribution in [0.15, 0.2) is 42.5 Å². The second-order valence-corrected chi connectivity index (χ2v) is 6.72. The SMILES string of the molecule is O=C1Nc2nc(Cl)ccc2C12CCN(Cc1ccccc1)CC2. The quantitative estimate of drug-likeness (QED) is 0.861. The number of fused-ring (bicyclic) bond motifs is 2. The lowest BCUT2D eigenvalue weighted by Gasteiger charge is -2.37. The number of pyridine rings is 1. The molecule has 23 heavy (non-hydrogen) atoms. The summed E-state index contributed by atoms with van der Waals surface area (Å²) in [7, 11) is 0. The standard InChI is InChI=1S/C18H18ClN3O/c19-15-7-6-14-16(20-15)21-17(23)18(14)8-10-22(11-9-18)12-13-4-2-1-3-5-13/h1-7H,8-12H2,(H,20,21,23). The van der Waals surface area contributed by atoms with E-state index in [2.05, 4.69) is 39.5 Å². The third-order valence-electron chi connectivity index (χ3n) is 5.00. The van der Waals surface area contributed by atoms with Crippen LogP contribution in [0.4, 0.5) is 5.82 Å². The highest BCUT2D eigenvalue weighted by atomic mass is 35.5. The van der Waals surface area contributed by atoms with Gasteiger partial charge in [0.05, 0.1) is 5.41 Å². The average Bonchev–Trinajstić information content (AvgIpc) is 2.82. The highest BCUT2D eigenvalue weighted by Gasteiger charge is 2.49. The van der Waals surface area contributed by atoms with E-state index < -0.39 is 5.41 Å². The van der Waals surface area contributed by atoms with Gasteiger partial charge in [-0.1, -0.05) is 48.0 Å². The Kier molecular flexibility index (Phi) is 3.58. The third kappa shape index (κ3) is 2.52. The first-order valence-corrected chi connectivity index (χ1v) is 8.30. The average molecular weight is 328 g/mol. The van der Waals surface area contributed by atoms with Crippen molar-refractivity contribution in [3.63, 3.8) is 0 Å². The first kappa shape index (κ1) is 14.7. The van der Waals surface area contributed by atoms with Gasteiger partial charge in [0.15, 0.2) is 0 Å². The number of carbonyl (C=O) groups excluding carboxylic acids is 1. The van der Waals surface area contributed by atoms with Crippen LogP contribution in [-0.2, 0) is 16.8 Å². The zero-order valence-electron chi connectivity index (χ0n) is 12.8. The Bertz CT molecular complexity index is 739. The second-order valence-electron chi connectivity index (χ2n) is 6.33. The molecule has 0 saturated carbocycles. The van der Waals surface area contributed by atoms with Gasteiger partial charge in [-0.25, -0.2) is 4.98 Å². The molecule has 1 saturated heterocycles. The van der Waals surface area contributed by atoms with Crippen LogP contribution < -0.4 is 5.32 Å². The molecule has 1 amide bonds. The van der Waals surface area contributed by atoms with Crippen molar-refractivity contribution in [3.8, 4) is 0 Å². The lowest BCUT2D eigenvalue weighted by atomic mass is 9.74. The predicted molar refractivity (Wildman–Crippen MR) is 90.5 cm³/mol. The number of amides is 1. The van der Waals surface area contributed by atoms with Crippen LogP contribution in [0.2, 0.25) is 5.15 Å². The molecule has 1 aromatic carbocycles. The number of aromatic nitrogens is 1. The fourth-order valence-electron chi connectivity index (χ4n) is 3.70. The summed E-state index contributed by atoms with van der Waals surface area (Å²) in [6.07, 6.45) is 1.64. The van der Waals surface area contributed by atoms with E-state index in [4.69, 9.17) is 11.6 Å². The molecule has 4 rings (SSSR count). The van der Waals surface area contributed by atoms with Crippen LogP contribution in [0.3, 0.4) is 0 Å². The first-order valence-electron chi connectivity index (χ1n) is 7.92. The van der Waals surface area contributed by atoms with E-state index in [9.17, 15) is 4.79 Å². The molecule has 2 aliphatic rings. The molecule has 0 atom stereocenters. The summed E-state index contributed by atoms with van der Waals surface area (Å²) >= 11 is 5.94. The van der Waals surface area contributed by atoms with Crippen LogP contribution >= 0.6 is 11.6 Å². The van der Waals surface area contributed by atoms with E-state index in [0.717, 1.165) is 38.0 Å².